The Morgan fingerprint density at radius 1 is 1.57 bits per heavy atom. The summed E-state index contributed by atoms with van der Waals surface area (Å²) < 4.78 is 4.60. The maximum absolute atomic E-state index is 11.1. The van der Waals surface area contributed by atoms with E-state index in [4.69, 9.17) is 0 Å². The molecule has 0 saturated heterocycles. The molecule has 0 spiro atoms. The lowest BCUT2D eigenvalue weighted by molar-refractivity contribution is 0.0595. The van der Waals surface area contributed by atoms with Gasteiger partial charge < -0.3 is 9.72 Å². The second-order valence-electron chi connectivity index (χ2n) is 3.85. The summed E-state index contributed by atoms with van der Waals surface area (Å²) in [4.78, 5) is 14.0. The van der Waals surface area contributed by atoms with Gasteiger partial charge in [0.05, 0.1) is 7.11 Å². The van der Waals surface area contributed by atoms with Crippen molar-refractivity contribution in [2.24, 2.45) is 5.92 Å². The lowest BCUT2D eigenvalue weighted by Crippen LogP contribution is -2.00. The Bertz CT molecular complexity index is 302. The molecule has 78 valence electrons. The predicted octanol–water partition coefficient (Wildman–Crippen LogP) is 2.39. The molecule has 0 saturated carbocycles. The van der Waals surface area contributed by atoms with E-state index in [2.05, 4.69) is 23.6 Å². The van der Waals surface area contributed by atoms with Gasteiger partial charge in [0, 0.05) is 6.20 Å². The minimum Gasteiger partial charge on any atom is -0.464 e. The molecule has 3 nitrogen and oxygen atoms in total. The van der Waals surface area contributed by atoms with Gasteiger partial charge in [-0.2, -0.15) is 0 Å². The number of aromatic amines is 1. The van der Waals surface area contributed by atoms with Crippen LogP contribution < -0.4 is 0 Å². The average molecular weight is 195 g/mol. The van der Waals surface area contributed by atoms with Crippen LogP contribution in [-0.2, 0) is 11.2 Å². The Kier molecular flexibility index (Phi) is 3.74. The molecule has 1 aromatic heterocycles. The van der Waals surface area contributed by atoms with E-state index in [-0.39, 0.29) is 5.97 Å². The molecule has 1 rings (SSSR count). The molecule has 1 heterocycles. The molecule has 0 aliphatic rings. The number of aromatic nitrogens is 1. The molecule has 0 bridgehead atoms. The topological polar surface area (TPSA) is 42.1 Å². The smallest absolute Gasteiger partial charge is 0.354 e. The molecule has 0 unspecified atom stereocenters. The van der Waals surface area contributed by atoms with Gasteiger partial charge in [0.2, 0.25) is 0 Å². The Balaban J connectivity index is 2.55. The first-order valence-electron chi connectivity index (χ1n) is 4.89. The number of carbonyl (C=O) groups excluding carboxylic acids is 1. The summed E-state index contributed by atoms with van der Waals surface area (Å²) in [5, 5.41) is 0. The number of rotatable bonds is 4. The van der Waals surface area contributed by atoms with E-state index >= 15 is 0 Å². The zero-order chi connectivity index (χ0) is 10.6. The number of hydrogen-bond donors (Lipinski definition) is 1. The minimum absolute atomic E-state index is 0.305. The summed E-state index contributed by atoms with van der Waals surface area (Å²) in [6.45, 7) is 4.38. The van der Waals surface area contributed by atoms with Crippen molar-refractivity contribution in [3.63, 3.8) is 0 Å². The number of carbonyl (C=O) groups is 1. The maximum atomic E-state index is 11.1. The number of ether oxygens (including phenoxy) is 1. The number of methoxy groups -OCH3 is 1. The van der Waals surface area contributed by atoms with Gasteiger partial charge in [-0.15, -0.1) is 0 Å². The molecular weight excluding hydrogens is 178 g/mol. The Morgan fingerprint density at radius 3 is 2.86 bits per heavy atom. The normalized spacial score (nSPS) is 10.6. The van der Waals surface area contributed by atoms with E-state index in [0.717, 1.165) is 12.8 Å². The fourth-order valence-corrected chi connectivity index (χ4v) is 1.27. The second-order valence-corrected chi connectivity index (χ2v) is 3.85. The molecule has 0 aliphatic heterocycles. The van der Waals surface area contributed by atoms with Gasteiger partial charge in [0.1, 0.15) is 5.69 Å². The molecule has 1 aromatic rings. The van der Waals surface area contributed by atoms with E-state index < -0.39 is 0 Å². The molecule has 0 amide bonds. The van der Waals surface area contributed by atoms with Crippen LogP contribution in [0, 0.1) is 5.92 Å². The Hall–Kier alpha value is -1.25. The SMILES string of the molecule is COC(=O)c1cc(CCC(C)C)c[nH]1. The lowest BCUT2D eigenvalue weighted by Gasteiger charge is -2.00. The summed E-state index contributed by atoms with van der Waals surface area (Å²) in [6.07, 6.45) is 4.01. The highest BCUT2D eigenvalue weighted by atomic mass is 16.5. The van der Waals surface area contributed by atoms with Crippen LogP contribution in [-0.4, -0.2) is 18.1 Å². The number of hydrogen-bond acceptors (Lipinski definition) is 2. The molecule has 0 aliphatic carbocycles. The van der Waals surface area contributed by atoms with Gasteiger partial charge in [-0.3, -0.25) is 0 Å². The van der Waals surface area contributed by atoms with Crippen molar-refractivity contribution in [1.29, 1.82) is 0 Å². The van der Waals surface area contributed by atoms with Gasteiger partial charge in [-0.25, -0.2) is 4.79 Å². The lowest BCUT2D eigenvalue weighted by atomic mass is 10.0. The van der Waals surface area contributed by atoms with Crippen LogP contribution in [0.5, 0.6) is 0 Å². The standard InChI is InChI=1S/C11H17NO2/c1-8(2)4-5-9-6-10(12-7-9)11(13)14-3/h6-8,12H,4-5H2,1-3H3. The highest BCUT2D eigenvalue weighted by Crippen LogP contribution is 2.10. The van der Waals surface area contributed by atoms with Crippen LogP contribution in [0.2, 0.25) is 0 Å². The van der Waals surface area contributed by atoms with Gasteiger partial charge in [0.25, 0.3) is 0 Å². The molecule has 0 aromatic carbocycles. The van der Waals surface area contributed by atoms with Crippen molar-refractivity contribution in [3.05, 3.63) is 23.5 Å². The molecular formula is C11H17NO2. The summed E-state index contributed by atoms with van der Waals surface area (Å²) in [6, 6.07) is 1.86. The third kappa shape index (κ3) is 2.91. The maximum Gasteiger partial charge on any atom is 0.354 e. The van der Waals surface area contributed by atoms with E-state index in [1.54, 1.807) is 0 Å². The zero-order valence-electron chi connectivity index (χ0n) is 8.96. The molecule has 0 atom stereocenters. The second kappa shape index (κ2) is 4.84. The highest BCUT2D eigenvalue weighted by molar-refractivity contribution is 5.87. The first-order valence-corrected chi connectivity index (χ1v) is 4.89. The van der Waals surface area contributed by atoms with Crippen molar-refractivity contribution in [2.45, 2.75) is 26.7 Å². The first-order chi connectivity index (χ1) is 6.63. The van der Waals surface area contributed by atoms with Crippen LogP contribution >= 0.6 is 0 Å². The molecule has 14 heavy (non-hydrogen) atoms. The fourth-order valence-electron chi connectivity index (χ4n) is 1.27. The molecule has 3 heteroatoms. The third-order valence-corrected chi connectivity index (χ3v) is 2.16. The predicted molar refractivity (Wildman–Crippen MR) is 55.3 cm³/mol. The van der Waals surface area contributed by atoms with Crippen molar-refractivity contribution >= 4 is 5.97 Å². The van der Waals surface area contributed by atoms with Crippen molar-refractivity contribution in [2.75, 3.05) is 7.11 Å². The Labute approximate surface area is 84.5 Å². The van der Waals surface area contributed by atoms with Crippen LogP contribution in [0.4, 0.5) is 0 Å². The minimum atomic E-state index is -0.305. The van der Waals surface area contributed by atoms with Gasteiger partial charge >= 0.3 is 5.97 Å². The first kappa shape index (κ1) is 10.8. The summed E-state index contributed by atoms with van der Waals surface area (Å²) >= 11 is 0. The van der Waals surface area contributed by atoms with Gasteiger partial charge in [-0.05, 0) is 30.4 Å². The van der Waals surface area contributed by atoms with Gasteiger partial charge in [-0.1, -0.05) is 13.8 Å². The molecule has 0 radical (unpaired) electrons. The molecule has 0 fully saturated rings. The monoisotopic (exact) mass is 195 g/mol. The molecule has 1 N–H and O–H groups in total. The van der Waals surface area contributed by atoms with Crippen molar-refractivity contribution in [3.8, 4) is 0 Å². The van der Waals surface area contributed by atoms with E-state index in [1.165, 1.54) is 12.7 Å². The van der Waals surface area contributed by atoms with Crippen LogP contribution in [0.3, 0.4) is 0 Å². The van der Waals surface area contributed by atoms with Crippen LogP contribution in [0.15, 0.2) is 12.3 Å². The summed E-state index contributed by atoms with van der Waals surface area (Å²) in [5.74, 6) is 0.382. The van der Waals surface area contributed by atoms with Crippen LogP contribution in [0.25, 0.3) is 0 Å². The van der Waals surface area contributed by atoms with E-state index in [9.17, 15) is 4.79 Å². The Morgan fingerprint density at radius 2 is 2.29 bits per heavy atom. The summed E-state index contributed by atoms with van der Waals surface area (Å²) in [7, 11) is 1.39. The highest BCUT2D eigenvalue weighted by Gasteiger charge is 2.07. The summed E-state index contributed by atoms with van der Waals surface area (Å²) in [5.41, 5.74) is 1.70. The van der Waals surface area contributed by atoms with Crippen molar-refractivity contribution in [1.82, 2.24) is 4.98 Å². The van der Waals surface area contributed by atoms with E-state index in [0.29, 0.717) is 11.6 Å². The van der Waals surface area contributed by atoms with E-state index in [1.807, 2.05) is 12.3 Å². The fraction of sp³-hybridized carbons (Fsp3) is 0.545. The van der Waals surface area contributed by atoms with Crippen molar-refractivity contribution < 1.29 is 9.53 Å². The van der Waals surface area contributed by atoms with Crippen LogP contribution in [0.1, 0.15) is 36.3 Å². The van der Waals surface area contributed by atoms with Gasteiger partial charge in [0.15, 0.2) is 0 Å². The zero-order valence-corrected chi connectivity index (χ0v) is 8.96. The number of nitrogens with one attached hydrogen (secondary N) is 1. The number of H-pyrrole nitrogens is 1. The largest absolute Gasteiger partial charge is 0.464 e. The number of aryl methyl sites for hydroxylation is 1. The average Bonchev–Trinajstić information content (AvgIpc) is 2.62. The quantitative estimate of drug-likeness (QED) is 0.749. The third-order valence-electron chi connectivity index (χ3n) is 2.16. The number of esters is 1.